The molecule has 1 aliphatic heterocycles. The average molecular weight is 431 g/mol. The third-order valence-electron chi connectivity index (χ3n) is 4.77. The summed E-state index contributed by atoms with van der Waals surface area (Å²) in [5.41, 5.74) is 2.23. The van der Waals surface area contributed by atoms with Gasteiger partial charge in [-0.3, -0.25) is 9.59 Å². The first-order valence-corrected chi connectivity index (χ1v) is 9.74. The molecule has 0 radical (unpaired) electrons. The van der Waals surface area contributed by atoms with Crippen LogP contribution in [0.2, 0.25) is 0 Å². The summed E-state index contributed by atoms with van der Waals surface area (Å²) >= 11 is 0. The molecule has 0 spiro atoms. The fourth-order valence-electron chi connectivity index (χ4n) is 3.13. The summed E-state index contributed by atoms with van der Waals surface area (Å²) in [4.78, 5) is 28.9. The van der Waals surface area contributed by atoms with Crippen molar-refractivity contribution < 1.29 is 18.8 Å². The van der Waals surface area contributed by atoms with Gasteiger partial charge in [-0.1, -0.05) is 22.9 Å². The van der Waals surface area contributed by atoms with Crippen molar-refractivity contribution in [1.82, 2.24) is 19.9 Å². The molecule has 3 heterocycles. The number of rotatable bonds is 5. The van der Waals surface area contributed by atoms with Gasteiger partial charge < -0.3 is 19.3 Å². The van der Waals surface area contributed by atoms with E-state index in [1.807, 2.05) is 19.1 Å². The van der Waals surface area contributed by atoms with Gasteiger partial charge in [0, 0.05) is 17.3 Å². The SMILES string of the molecule is Cc1ccc(NC(=O)Cn2nc(-c3nc(-c4ccc5c(c4)OCO5)no3)ccc2=O)cc1. The number of fused-ring (bicyclic) bond motifs is 1. The topological polar surface area (TPSA) is 121 Å². The fraction of sp³-hybridized carbons (Fsp3) is 0.136. The summed E-state index contributed by atoms with van der Waals surface area (Å²) in [6.07, 6.45) is 0. The van der Waals surface area contributed by atoms with E-state index in [0.717, 1.165) is 10.2 Å². The van der Waals surface area contributed by atoms with Gasteiger partial charge in [0.25, 0.3) is 11.4 Å². The molecule has 2 aromatic heterocycles. The number of aromatic nitrogens is 4. The zero-order valence-electron chi connectivity index (χ0n) is 16.9. The Morgan fingerprint density at radius 3 is 2.72 bits per heavy atom. The molecular weight excluding hydrogens is 414 g/mol. The smallest absolute Gasteiger partial charge is 0.278 e. The number of aryl methyl sites for hydroxylation is 1. The molecule has 5 rings (SSSR count). The number of ether oxygens (including phenoxy) is 2. The third kappa shape index (κ3) is 3.93. The van der Waals surface area contributed by atoms with E-state index < -0.39 is 5.56 Å². The molecule has 0 saturated carbocycles. The van der Waals surface area contributed by atoms with Crippen LogP contribution in [0.1, 0.15) is 5.56 Å². The average Bonchev–Trinajstić information content (AvgIpc) is 3.46. The van der Waals surface area contributed by atoms with Crippen LogP contribution < -0.4 is 20.3 Å². The first kappa shape index (κ1) is 19.5. The number of anilines is 1. The minimum atomic E-state index is -0.427. The summed E-state index contributed by atoms with van der Waals surface area (Å²) in [5, 5.41) is 10.9. The third-order valence-corrected chi connectivity index (χ3v) is 4.77. The maximum absolute atomic E-state index is 12.4. The fourth-order valence-corrected chi connectivity index (χ4v) is 3.13. The molecule has 0 unspecified atom stereocenters. The standard InChI is InChI=1S/C22H17N5O5/c1-13-2-5-15(6-3-13)23-19(28)11-27-20(29)9-7-16(25-27)22-24-21(26-32-22)14-4-8-17-18(10-14)31-12-30-17/h2-10H,11-12H2,1H3,(H,23,28). The first-order chi connectivity index (χ1) is 15.5. The van der Waals surface area contributed by atoms with Gasteiger partial charge in [-0.2, -0.15) is 10.1 Å². The van der Waals surface area contributed by atoms with Gasteiger partial charge in [-0.25, -0.2) is 4.68 Å². The predicted octanol–water partition coefficient (Wildman–Crippen LogP) is 2.64. The molecule has 4 aromatic rings. The quantitative estimate of drug-likeness (QED) is 0.512. The van der Waals surface area contributed by atoms with Crippen molar-refractivity contribution in [2.75, 3.05) is 12.1 Å². The molecule has 0 atom stereocenters. The maximum Gasteiger partial charge on any atom is 0.278 e. The molecule has 0 fully saturated rings. The molecule has 32 heavy (non-hydrogen) atoms. The monoisotopic (exact) mass is 431 g/mol. The highest BCUT2D eigenvalue weighted by atomic mass is 16.7. The number of carbonyl (C=O) groups is 1. The van der Waals surface area contributed by atoms with Gasteiger partial charge >= 0.3 is 0 Å². The minimum Gasteiger partial charge on any atom is -0.454 e. The zero-order valence-corrected chi connectivity index (χ0v) is 16.9. The summed E-state index contributed by atoms with van der Waals surface area (Å²) < 4.78 is 17.0. The Hall–Kier alpha value is -4.47. The number of hydrogen-bond acceptors (Lipinski definition) is 8. The molecule has 0 aliphatic carbocycles. The number of amides is 1. The van der Waals surface area contributed by atoms with Crippen molar-refractivity contribution in [3.05, 3.63) is 70.5 Å². The lowest BCUT2D eigenvalue weighted by molar-refractivity contribution is -0.117. The van der Waals surface area contributed by atoms with Gasteiger partial charge in [0.15, 0.2) is 11.5 Å². The van der Waals surface area contributed by atoms with Crippen LogP contribution in [-0.2, 0) is 11.3 Å². The van der Waals surface area contributed by atoms with Crippen LogP contribution in [0, 0.1) is 6.92 Å². The number of benzene rings is 2. The van der Waals surface area contributed by atoms with Gasteiger partial charge in [0.2, 0.25) is 18.5 Å². The van der Waals surface area contributed by atoms with Gasteiger partial charge in [0.1, 0.15) is 12.2 Å². The van der Waals surface area contributed by atoms with E-state index in [1.54, 1.807) is 30.3 Å². The van der Waals surface area contributed by atoms with E-state index in [2.05, 4.69) is 20.6 Å². The number of nitrogens with one attached hydrogen (secondary N) is 1. The zero-order chi connectivity index (χ0) is 22.1. The highest BCUT2D eigenvalue weighted by molar-refractivity contribution is 5.90. The number of nitrogens with zero attached hydrogens (tertiary/aromatic N) is 4. The molecule has 1 N–H and O–H groups in total. The second-order valence-corrected chi connectivity index (χ2v) is 7.12. The van der Waals surface area contributed by atoms with Gasteiger partial charge in [-0.05, 0) is 43.3 Å². The van der Waals surface area contributed by atoms with Crippen molar-refractivity contribution in [2.24, 2.45) is 0 Å². The molecule has 1 amide bonds. The lowest BCUT2D eigenvalue weighted by Gasteiger charge is -2.07. The summed E-state index contributed by atoms with van der Waals surface area (Å²) in [5.74, 6) is 1.31. The highest BCUT2D eigenvalue weighted by Crippen LogP contribution is 2.35. The normalized spacial score (nSPS) is 12.0. The summed E-state index contributed by atoms with van der Waals surface area (Å²) in [6, 6.07) is 15.4. The Morgan fingerprint density at radius 1 is 1.06 bits per heavy atom. The van der Waals surface area contributed by atoms with Crippen LogP contribution >= 0.6 is 0 Å². The van der Waals surface area contributed by atoms with E-state index in [-0.39, 0.29) is 30.8 Å². The summed E-state index contributed by atoms with van der Waals surface area (Å²) in [6.45, 7) is 1.86. The van der Waals surface area contributed by atoms with Gasteiger partial charge in [-0.15, -0.1) is 0 Å². The van der Waals surface area contributed by atoms with Crippen molar-refractivity contribution in [3.8, 4) is 34.5 Å². The van der Waals surface area contributed by atoms with E-state index in [4.69, 9.17) is 14.0 Å². The Balaban J connectivity index is 1.35. The molecule has 2 aromatic carbocycles. The second-order valence-electron chi connectivity index (χ2n) is 7.12. The van der Waals surface area contributed by atoms with E-state index in [0.29, 0.717) is 28.6 Å². The van der Waals surface area contributed by atoms with Crippen LogP contribution in [0.15, 0.2) is 63.9 Å². The van der Waals surface area contributed by atoms with Crippen molar-refractivity contribution in [3.63, 3.8) is 0 Å². The summed E-state index contributed by atoms with van der Waals surface area (Å²) in [7, 11) is 0. The number of hydrogen-bond donors (Lipinski definition) is 1. The van der Waals surface area contributed by atoms with Crippen molar-refractivity contribution in [2.45, 2.75) is 13.5 Å². The highest BCUT2D eigenvalue weighted by Gasteiger charge is 2.18. The van der Waals surface area contributed by atoms with Crippen LogP contribution in [-0.4, -0.2) is 32.6 Å². The molecular formula is C22H17N5O5. The van der Waals surface area contributed by atoms with Crippen molar-refractivity contribution in [1.29, 1.82) is 0 Å². The van der Waals surface area contributed by atoms with Crippen LogP contribution in [0.3, 0.4) is 0 Å². The van der Waals surface area contributed by atoms with Crippen LogP contribution in [0.5, 0.6) is 11.5 Å². The first-order valence-electron chi connectivity index (χ1n) is 9.74. The predicted molar refractivity (Wildman–Crippen MR) is 113 cm³/mol. The molecule has 0 bridgehead atoms. The lowest BCUT2D eigenvalue weighted by Crippen LogP contribution is -2.29. The molecule has 10 heteroatoms. The number of carbonyl (C=O) groups excluding carboxylic acids is 1. The Kier molecular flexibility index (Phi) is 4.86. The van der Waals surface area contributed by atoms with E-state index in [9.17, 15) is 9.59 Å². The Bertz CT molecular complexity index is 1360. The second kappa shape index (κ2) is 7.99. The van der Waals surface area contributed by atoms with Crippen LogP contribution in [0.4, 0.5) is 5.69 Å². The minimum absolute atomic E-state index is 0.116. The lowest BCUT2D eigenvalue weighted by atomic mass is 10.2. The Morgan fingerprint density at radius 2 is 1.88 bits per heavy atom. The molecule has 0 saturated heterocycles. The molecule has 1 aliphatic rings. The van der Waals surface area contributed by atoms with Gasteiger partial charge in [0.05, 0.1) is 0 Å². The maximum atomic E-state index is 12.4. The van der Waals surface area contributed by atoms with E-state index >= 15 is 0 Å². The molecule has 160 valence electrons. The van der Waals surface area contributed by atoms with Crippen molar-refractivity contribution >= 4 is 11.6 Å². The largest absolute Gasteiger partial charge is 0.454 e. The van der Waals surface area contributed by atoms with Crippen LogP contribution in [0.25, 0.3) is 23.0 Å². The molecule has 10 nitrogen and oxygen atoms in total. The van der Waals surface area contributed by atoms with E-state index in [1.165, 1.54) is 12.1 Å². The Labute approximate surface area is 181 Å².